The average Bonchev–Trinajstić information content (AvgIpc) is 3.14. The van der Waals surface area contributed by atoms with E-state index in [1.54, 1.807) is 6.20 Å². The lowest BCUT2D eigenvalue weighted by molar-refractivity contribution is -0.137. The first-order chi connectivity index (χ1) is 13.9. The van der Waals surface area contributed by atoms with Gasteiger partial charge in [-0.15, -0.1) is 24.0 Å². The molecule has 3 rings (SSSR count). The van der Waals surface area contributed by atoms with Crippen molar-refractivity contribution in [2.75, 3.05) is 24.5 Å². The zero-order valence-corrected chi connectivity index (χ0v) is 19.4. The molecule has 2 N–H and O–H groups in total. The maximum Gasteiger partial charge on any atom is 0.417 e. The minimum Gasteiger partial charge on any atom is -0.357 e. The first-order valence-electron chi connectivity index (χ1n) is 9.29. The molecular formula is C19H23ClF3IN6. The van der Waals surface area contributed by atoms with Crippen LogP contribution in [-0.4, -0.2) is 41.6 Å². The number of anilines is 1. The van der Waals surface area contributed by atoms with Crippen molar-refractivity contribution in [1.29, 1.82) is 0 Å². The van der Waals surface area contributed by atoms with Gasteiger partial charge < -0.3 is 15.5 Å². The highest BCUT2D eigenvalue weighted by Gasteiger charge is 2.33. The zero-order chi connectivity index (χ0) is 20.9. The Labute approximate surface area is 195 Å². The number of alkyl halides is 3. The van der Waals surface area contributed by atoms with Gasteiger partial charge in [0.25, 0.3) is 0 Å². The van der Waals surface area contributed by atoms with Crippen LogP contribution in [0.4, 0.5) is 19.0 Å². The second-order valence-electron chi connectivity index (χ2n) is 6.62. The van der Waals surface area contributed by atoms with Crippen molar-refractivity contribution in [3.8, 4) is 0 Å². The molecule has 0 saturated carbocycles. The molecule has 1 saturated heterocycles. The van der Waals surface area contributed by atoms with Crippen molar-refractivity contribution in [3.63, 3.8) is 0 Å². The first kappa shape index (κ1) is 24.4. The molecule has 2 aromatic rings. The Kier molecular flexibility index (Phi) is 8.95. The van der Waals surface area contributed by atoms with E-state index in [-0.39, 0.29) is 35.0 Å². The average molecular weight is 555 g/mol. The van der Waals surface area contributed by atoms with Crippen molar-refractivity contribution >= 4 is 47.4 Å². The van der Waals surface area contributed by atoms with Crippen LogP contribution < -0.4 is 15.5 Å². The largest absolute Gasteiger partial charge is 0.417 e. The highest BCUT2D eigenvalue weighted by atomic mass is 127. The summed E-state index contributed by atoms with van der Waals surface area (Å²) in [5, 5.41) is 6.55. The number of hydrogen-bond acceptors (Lipinski definition) is 4. The highest BCUT2D eigenvalue weighted by Crippen LogP contribution is 2.34. The number of hydrogen-bond donors (Lipinski definition) is 2. The third-order valence-electron chi connectivity index (χ3n) is 4.45. The molecule has 164 valence electrons. The van der Waals surface area contributed by atoms with Crippen molar-refractivity contribution in [2.24, 2.45) is 4.99 Å². The van der Waals surface area contributed by atoms with Crippen molar-refractivity contribution in [2.45, 2.75) is 32.1 Å². The Morgan fingerprint density at radius 1 is 1.33 bits per heavy atom. The van der Waals surface area contributed by atoms with Gasteiger partial charge in [-0.05, 0) is 31.5 Å². The molecule has 0 aromatic carbocycles. The van der Waals surface area contributed by atoms with Gasteiger partial charge in [0.15, 0.2) is 5.96 Å². The Morgan fingerprint density at radius 2 is 2.13 bits per heavy atom. The summed E-state index contributed by atoms with van der Waals surface area (Å²) in [5.74, 6) is 1.02. The van der Waals surface area contributed by atoms with Crippen LogP contribution in [-0.2, 0) is 12.7 Å². The number of rotatable bonds is 5. The molecule has 2 aromatic heterocycles. The van der Waals surface area contributed by atoms with Gasteiger partial charge in [-0.1, -0.05) is 17.7 Å². The number of halogens is 5. The molecule has 1 fully saturated rings. The number of guanidine groups is 1. The monoisotopic (exact) mass is 554 g/mol. The summed E-state index contributed by atoms with van der Waals surface area (Å²) in [5.41, 5.74) is 0.00898. The maximum atomic E-state index is 12.8. The summed E-state index contributed by atoms with van der Waals surface area (Å²) in [6, 6.07) is 6.65. The van der Waals surface area contributed by atoms with Crippen LogP contribution in [0.25, 0.3) is 0 Å². The van der Waals surface area contributed by atoms with Crippen LogP contribution in [0, 0.1) is 0 Å². The fourth-order valence-corrected chi connectivity index (χ4v) is 3.34. The second kappa shape index (κ2) is 11.0. The topological polar surface area (TPSA) is 65.4 Å². The molecule has 1 unspecified atom stereocenters. The molecule has 30 heavy (non-hydrogen) atoms. The third-order valence-corrected chi connectivity index (χ3v) is 4.73. The molecule has 0 amide bonds. The fourth-order valence-electron chi connectivity index (χ4n) is 3.05. The Bertz CT molecular complexity index is 850. The maximum absolute atomic E-state index is 12.8. The van der Waals surface area contributed by atoms with E-state index in [9.17, 15) is 13.2 Å². The fraction of sp³-hybridized carbons (Fsp3) is 0.421. The van der Waals surface area contributed by atoms with Crippen LogP contribution in [0.2, 0.25) is 5.02 Å². The van der Waals surface area contributed by atoms with E-state index in [1.165, 1.54) is 0 Å². The minimum atomic E-state index is -4.46. The highest BCUT2D eigenvalue weighted by molar-refractivity contribution is 14.0. The van der Waals surface area contributed by atoms with E-state index in [0.29, 0.717) is 38.0 Å². The quantitative estimate of drug-likeness (QED) is 0.331. The Morgan fingerprint density at radius 3 is 2.77 bits per heavy atom. The third kappa shape index (κ3) is 6.59. The lowest BCUT2D eigenvalue weighted by Crippen LogP contribution is -2.44. The summed E-state index contributed by atoms with van der Waals surface area (Å²) in [6.07, 6.45) is -1.14. The van der Waals surface area contributed by atoms with Crippen LogP contribution in [0.5, 0.6) is 0 Å². The number of nitrogens with one attached hydrogen (secondary N) is 2. The van der Waals surface area contributed by atoms with Gasteiger partial charge in [0.1, 0.15) is 5.82 Å². The molecular weight excluding hydrogens is 532 g/mol. The van der Waals surface area contributed by atoms with Gasteiger partial charge in [0.05, 0.1) is 22.8 Å². The van der Waals surface area contributed by atoms with E-state index < -0.39 is 11.7 Å². The summed E-state index contributed by atoms with van der Waals surface area (Å²) in [6.45, 7) is 4.32. The lowest BCUT2D eigenvalue weighted by atomic mass is 10.2. The zero-order valence-electron chi connectivity index (χ0n) is 16.3. The molecule has 0 bridgehead atoms. The number of pyridine rings is 2. The predicted molar refractivity (Wildman–Crippen MR) is 122 cm³/mol. The van der Waals surface area contributed by atoms with E-state index in [2.05, 4.69) is 25.6 Å². The Balaban J connectivity index is 0.00000320. The summed E-state index contributed by atoms with van der Waals surface area (Å²) in [4.78, 5) is 14.6. The molecule has 0 radical (unpaired) electrons. The number of aliphatic imine (C=N–C) groups is 1. The van der Waals surface area contributed by atoms with E-state index in [1.807, 2.05) is 30.0 Å². The smallest absolute Gasteiger partial charge is 0.357 e. The van der Waals surface area contributed by atoms with Gasteiger partial charge in [0.2, 0.25) is 0 Å². The Hall–Kier alpha value is -1.82. The van der Waals surface area contributed by atoms with E-state index >= 15 is 0 Å². The van der Waals surface area contributed by atoms with Crippen LogP contribution in [0.15, 0.2) is 41.7 Å². The van der Waals surface area contributed by atoms with Gasteiger partial charge >= 0.3 is 6.18 Å². The lowest BCUT2D eigenvalue weighted by Gasteiger charge is -2.21. The molecule has 1 aliphatic heterocycles. The van der Waals surface area contributed by atoms with Gasteiger partial charge in [-0.25, -0.2) is 9.98 Å². The number of nitrogens with zero attached hydrogens (tertiary/aromatic N) is 4. The molecule has 0 aliphatic carbocycles. The first-order valence-corrected chi connectivity index (χ1v) is 9.67. The molecule has 3 heterocycles. The summed E-state index contributed by atoms with van der Waals surface area (Å²) in [7, 11) is 0. The van der Waals surface area contributed by atoms with Crippen LogP contribution in [0.1, 0.15) is 24.6 Å². The predicted octanol–water partition coefficient (Wildman–Crippen LogP) is 4.10. The molecule has 11 heteroatoms. The van der Waals surface area contributed by atoms with Crippen molar-refractivity contribution in [1.82, 2.24) is 20.6 Å². The standard InChI is InChI=1S/C19H22ClF3N6.HI/c1-2-24-18(27-11-14-5-3-4-7-25-14)28-15-6-8-29(12-15)17-16(20)9-13(10-26-17)19(21,22)23;/h3-5,7,9-10,15H,2,6,8,11-12H2,1H3,(H2,24,27,28);1H. The molecule has 0 spiro atoms. The van der Waals surface area contributed by atoms with Crippen LogP contribution >= 0.6 is 35.6 Å². The van der Waals surface area contributed by atoms with E-state index in [0.717, 1.165) is 24.4 Å². The SMILES string of the molecule is CCNC(=NCc1ccccn1)NC1CCN(c2ncc(C(F)(F)F)cc2Cl)C1.I. The molecule has 1 aliphatic rings. The normalized spacial score (nSPS) is 16.9. The second-order valence-corrected chi connectivity index (χ2v) is 7.03. The summed E-state index contributed by atoms with van der Waals surface area (Å²) < 4.78 is 38.4. The van der Waals surface area contributed by atoms with E-state index in [4.69, 9.17) is 11.6 Å². The summed E-state index contributed by atoms with van der Waals surface area (Å²) >= 11 is 6.07. The minimum absolute atomic E-state index is 0. The van der Waals surface area contributed by atoms with Gasteiger partial charge in [-0.3, -0.25) is 4.98 Å². The van der Waals surface area contributed by atoms with Gasteiger partial charge in [-0.2, -0.15) is 13.2 Å². The van der Waals surface area contributed by atoms with Crippen LogP contribution in [0.3, 0.4) is 0 Å². The molecule has 6 nitrogen and oxygen atoms in total. The van der Waals surface area contributed by atoms with Crippen molar-refractivity contribution in [3.05, 3.63) is 52.9 Å². The van der Waals surface area contributed by atoms with Gasteiger partial charge in [0, 0.05) is 38.1 Å². The molecule has 1 atom stereocenters. The number of aromatic nitrogens is 2. The van der Waals surface area contributed by atoms with Crippen molar-refractivity contribution < 1.29 is 13.2 Å².